The molecule has 0 aliphatic rings. The smallest absolute Gasteiger partial charge is 0.274 e. The maximum Gasteiger partial charge on any atom is 0.274 e. The summed E-state index contributed by atoms with van der Waals surface area (Å²) in [6.07, 6.45) is 0.733. The Morgan fingerprint density at radius 1 is 0.957 bits per heavy atom. The highest BCUT2D eigenvalue weighted by Crippen LogP contribution is 2.16. The minimum absolute atomic E-state index is 0.00124. The molecule has 23 heavy (non-hydrogen) atoms. The zero-order chi connectivity index (χ0) is 16.2. The summed E-state index contributed by atoms with van der Waals surface area (Å²) < 4.78 is 1.62. The monoisotopic (exact) mass is 308 g/mol. The van der Waals surface area contributed by atoms with Crippen molar-refractivity contribution in [1.82, 2.24) is 9.78 Å². The van der Waals surface area contributed by atoms with Crippen LogP contribution in [0.5, 0.6) is 0 Å². The molecule has 0 radical (unpaired) electrons. The summed E-state index contributed by atoms with van der Waals surface area (Å²) in [7, 11) is 4.16. The third-order valence-corrected chi connectivity index (χ3v) is 3.98. The van der Waals surface area contributed by atoms with Gasteiger partial charge in [-0.3, -0.25) is 4.79 Å². The number of hydrogen-bond donors (Lipinski definition) is 1. The quantitative estimate of drug-likeness (QED) is 0.767. The molecule has 0 unspecified atom stereocenters. The van der Waals surface area contributed by atoms with E-state index in [0.717, 1.165) is 29.4 Å². The summed E-state index contributed by atoms with van der Waals surface area (Å²) in [5.74, 6) is 0. The first-order valence-electron chi connectivity index (χ1n) is 7.97. The van der Waals surface area contributed by atoms with Crippen LogP contribution in [0, 0.1) is 0 Å². The average molecular weight is 308 g/mol. The number of benzene rings is 2. The second kappa shape index (κ2) is 6.75. The highest BCUT2D eigenvalue weighted by atomic mass is 16.1. The highest BCUT2D eigenvalue weighted by molar-refractivity contribution is 5.83. The van der Waals surface area contributed by atoms with Crippen LogP contribution in [0.25, 0.3) is 10.8 Å². The van der Waals surface area contributed by atoms with Crippen molar-refractivity contribution in [2.24, 2.45) is 0 Å². The van der Waals surface area contributed by atoms with Gasteiger partial charge in [0.2, 0.25) is 0 Å². The molecule has 1 heterocycles. The van der Waals surface area contributed by atoms with Crippen LogP contribution < -0.4 is 10.5 Å². The van der Waals surface area contributed by atoms with E-state index in [0.29, 0.717) is 6.54 Å². The zero-order valence-electron chi connectivity index (χ0n) is 13.6. The van der Waals surface area contributed by atoms with Gasteiger partial charge in [-0.1, -0.05) is 48.5 Å². The molecular weight excluding hydrogens is 286 g/mol. The van der Waals surface area contributed by atoms with Crippen molar-refractivity contribution < 1.29 is 4.90 Å². The third-order valence-electron chi connectivity index (χ3n) is 3.98. The van der Waals surface area contributed by atoms with Crippen molar-refractivity contribution in [3.05, 3.63) is 76.2 Å². The highest BCUT2D eigenvalue weighted by Gasteiger charge is 2.11. The van der Waals surface area contributed by atoms with Gasteiger partial charge >= 0.3 is 0 Å². The summed E-state index contributed by atoms with van der Waals surface area (Å²) in [6.45, 7) is 1.50. The first-order chi connectivity index (χ1) is 11.1. The molecule has 1 aromatic heterocycles. The minimum atomic E-state index is -0.00124. The first-order valence-corrected chi connectivity index (χ1v) is 7.97. The maximum atomic E-state index is 12.6. The number of nitrogens with zero attached hydrogens (tertiary/aromatic N) is 2. The van der Waals surface area contributed by atoms with E-state index in [2.05, 4.69) is 31.3 Å². The van der Waals surface area contributed by atoms with E-state index in [1.807, 2.05) is 42.5 Å². The third kappa shape index (κ3) is 3.48. The van der Waals surface area contributed by atoms with Gasteiger partial charge in [0.15, 0.2) is 0 Å². The van der Waals surface area contributed by atoms with Crippen LogP contribution in [0.4, 0.5) is 0 Å². The van der Waals surface area contributed by atoms with Gasteiger partial charge in [0, 0.05) is 11.8 Å². The Morgan fingerprint density at radius 2 is 1.61 bits per heavy atom. The largest absolute Gasteiger partial charge is 0.338 e. The van der Waals surface area contributed by atoms with E-state index in [4.69, 9.17) is 0 Å². The fraction of sp³-hybridized carbons (Fsp3) is 0.263. The number of hydrogen-bond acceptors (Lipinski definition) is 2. The molecule has 0 saturated carbocycles. The molecule has 0 fully saturated rings. The van der Waals surface area contributed by atoms with Crippen LogP contribution in [-0.4, -0.2) is 30.4 Å². The van der Waals surface area contributed by atoms with Gasteiger partial charge in [-0.2, -0.15) is 5.10 Å². The number of nitrogens with one attached hydrogen (secondary N) is 1. The number of fused-ring (bicyclic) bond motifs is 1. The minimum Gasteiger partial charge on any atom is -0.338 e. The molecule has 0 atom stereocenters. The van der Waals surface area contributed by atoms with Crippen molar-refractivity contribution in [2.45, 2.75) is 13.0 Å². The van der Waals surface area contributed by atoms with Crippen LogP contribution in [0.3, 0.4) is 0 Å². The predicted molar refractivity (Wildman–Crippen MR) is 92.9 cm³/mol. The molecule has 2 aromatic carbocycles. The molecule has 3 aromatic rings. The van der Waals surface area contributed by atoms with Gasteiger partial charge in [0.25, 0.3) is 5.56 Å². The van der Waals surface area contributed by atoms with Gasteiger partial charge in [-0.15, -0.1) is 0 Å². The molecule has 0 aliphatic heterocycles. The Balaban J connectivity index is 2.08. The number of rotatable bonds is 5. The molecular formula is C19H22N3O+. The first kappa shape index (κ1) is 15.4. The lowest BCUT2D eigenvalue weighted by atomic mass is 10.0. The summed E-state index contributed by atoms with van der Waals surface area (Å²) in [5, 5.41) is 6.36. The summed E-state index contributed by atoms with van der Waals surface area (Å²) in [4.78, 5) is 13.9. The molecule has 0 bridgehead atoms. The maximum absolute atomic E-state index is 12.6. The van der Waals surface area contributed by atoms with Crippen LogP contribution in [0.15, 0.2) is 59.4 Å². The Hall–Kier alpha value is -2.46. The molecule has 4 nitrogen and oxygen atoms in total. The van der Waals surface area contributed by atoms with Gasteiger partial charge in [-0.25, -0.2) is 4.68 Å². The van der Waals surface area contributed by atoms with E-state index < -0.39 is 0 Å². The fourth-order valence-electron chi connectivity index (χ4n) is 2.71. The lowest BCUT2D eigenvalue weighted by Crippen LogP contribution is -3.06. The van der Waals surface area contributed by atoms with Crippen LogP contribution in [-0.2, 0) is 13.0 Å². The normalized spacial score (nSPS) is 11.3. The summed E-state index contributed by atoms with van der Waals surface area (Å²) >= 11 is 0. The molecule has 4 heteroatoms. The van der Waals surface area contributed by atoms with Gasteiger partial charge in [0.1, 0.15) is 0 Å². The lowest BCUT2D eigenvalue weighted by Gasteiger charge is -2.12. The van der Waals surface area contributed by atoms with Gasteiger partial charge in [-0.05, 0) is 11.6 Å². The van der Waals surface area contributed by atoms with Crippen LogP contribution >= 0.6 is 0 Å². The standard InChI is InChI=1S/C19H21N3O/c1-21(2)12-13-22-19(23)17-11-7-6-10-16(17)18(20-22)14-15-8-4-3-5-9-15/h3-11H,12-14H2,1-2H3/p+1. The molecule has 0 spiro atoms. The molecule has 118 valence electrons. The second-order valence-electron chi connectivity index (χ2n) is 6.14. The van der Waals surface area contributed by atoms with E-state index in [-0.39, 0.29) is 5.56 Å². The summed E-state index contributed by atoms with van der Waals surface area (Å²) in [6, 6.07) is 18.0. The summed E-state index contributed by atoms with van der Waals surface area (Å²) in [5.41, 5.74) is 2.16. The molecule has 1 N–H and O–H groups in total. The Bertz CT molecular complexity index is 853. The second-order valence-corrected chi connectivity index (χ2v) is 6.14. The van der Waals surface area contributed by atoms with E-state index in [1.165, 1.54) is 10.5 Å². The average Bonchev–Trinajstić information content (AvgIpc) is 2.57. The number of quaternary nitrogens is 1. The molecule has 0 aliphatic carbocycles. The Labute approximate surface area is 136 Å². The van der Waals surface area contributed by atoms with Crippen molar-refractivity contribution in [1.29, 1.82) is 0 Å². The van der Waals surface area contributed by atoms with E-state index in [1.54, 1.807) is 4.68 Å². The van der Waals surface area contributed by atoms with E-state index in [9.17, 15) is 4.79 Å². The molecule has 0 amide bonds. The topological polar surface area (TPSA) is 39.3 Å². The fourth-order valence-corrected chi connectivity index (χ4v) is 2.71. The Morgan fingerprint density at radius 3 is 2.30 bits per heavy atom. The van der Waals surface area contributed by atoms with Crippen molar-refractivity contribution in [3.63, 3.8) is 0 Å². The van der Waals surface area contributed by atoms with Crippen molar-refractivity contribution >= 4 is 10.8 Å². The molecule has 0 saturated heterocycles. The predicted octanol–water partition coefficient (Wildman–Crippen LogP) is 1.13. The van der Waals surface area contributed by atoms with Crippen molar-refractivity contribution in [3.8, 4) is 0 Å². The zero-order valence-corrected chi connectivity index (χ0v) is 13.6. The van der Waals surface area contributed by atoms with Gasteiger partial charge < -0.3 is 4.90 Å². The van der Waals surface area contributed by atoms with Crippen molar-refractivity contribution in [2.75, 3.05) is 20.6 Å². The number of likely N-dealkylation sites (N-methyl/N-ethyl adjacent to an activating group) is 1. The lowest BCUT2D eigenvalue weighted by molar-refractivity contribution is -0.859. The number of aromatic nitrogens is 2. The van der Waals surface area contributed by atoms with E-state index >= 15 is 0 Å². The van der Waals surface area contributed by atoms with Crippen LogP contribution in [0.1, 0.15) is 11.3 Å². The Kier molecular flexibility index (Phi) is 4.53. The SMILES string of the molecule is C[NH+](C)CCn1nc(Cc2ccccc2)c2ccccc2c1=O. The van der Waals surface area contributed by atoms with Crippen LogP contribution in [0.2, 0.25) is 0 Å². The van der Waals surface area contributed by atoms with Gasteiger partial charge in [0.05, 0.1) is 38.3 Å². The molecule has 3 rings (SSSR count).